The summed E-state index contributed by atoms with van der Waals surface area (Å²) in [5.74, 6) is 0. The Hall–Kier alpha value is -0.380. The lowest BCUT2D eigenvalue weighted by Gasteiger charge is -2.36. The minimum Gasteiger partial charge on any atom is -0.326 e. The molecule has 1 fully saturated rings. The van der Waals surface area contributed by atoms with Gasteiger partial charge in [0, 0.05) is 23.1 Å². The van der Waals surface area contributed by atoms with E-state index in [9.17, 15) is 0 Å². The van der Waals surface area contributed by atoms with Crippen molar-refractivity contribution in [2.24, 2.45) is 5.73 Å². The highest BCUT2D eigenvalue weighted by Gasteiger charge is 2.25. The van der Waals surface area contributed by atoms with E-state index >= 15 is 0 Å². The summed E-state index contributed by atoms with van der Waals surface area (Å²) < 4.78 is 1.14. The molecule has 2 unspecified atom stereocenters. The Balaban J connectivity index is 1.95. The average molecular weight is 297 g/mol. The van der Waals surface area contributed by atoms with E-state index in [0.29, 0.717) is 12.1 Å². The molecule has 2 nitrogen and oxygen atoms in total. The summed E-state index contributed by atoms with van der Waals surface area (Å²) >= 11 is 3.46. The maximum atomic E-state index is 6.21. The van der Waals surface area contributed by atoms with Gasteiger partial charge in [-0.25, -0.2) is 0 Å². The normalized spacial score (nSPS) is 25.2. The zero-order valence-corrected chi connectivity index (χ0v) is 12.0. The second-order valence-electron chi connectivity index (χ2n) is 5.06. The summed E-state index contributed by atoms with van der Waals surface area (Å²) in [5, 5.41) is 0. The third-order valence-corrected chi connectivity index (χ3v) is 4.22. The average Bonchev–Trinajstić information content (AvgIpc) is 2.32. The van der Waals surface area contributed by atoms with Crippen LogP contribution in [-0.4, -0.2) is 24.0 Å². The topological polar surface area (TPSA) is 29.3 Å². The van der Waals surface area contributed by atoms with Gasteiger partial charge >= 0.3 is 0 Å². The Kier molecular flexibility index (Phi) is 4.60. The predicted octanol–water partition coefficient (Wildman–Crippen LogP) is 3.15. The van der Waals surface area contributed by atoms with E-state index in [4.69, 9.17) is 5.73 Å². The quantitative estimate of drug-likeness (QED) is 0.928. The van der Waals surface area contributed by atoms with Gasteiger partial charge in [-0.1, -0.05) is 40.9 Å². The highest BCUT2D eigenvalue weighted by atomic mass is 79.9. The number of likely N-dealkylation sites (N-methyl/N-ethyl adjacent to an activating group) is 1. The Bertz CT molecular complexity index is 350. The highest BCUT2D eigenvalue weighted by Crippen LogP contribution is 2.22. The second kappa shape index (κ2) is 5.98. The number of rotatable bonds is 3. The van der Waals surface area contributed by atoms with Crippen molar-refractivity contribution in [3.05, 3.63) is 34.3 Å². The van der Waals surface area contributed by atoms with Crippen molar-refractivity contribution in [2.75, 3.05) is 7.05 Å². The van der Waals surface area contributed by atoms with Crippen LogP contribution in [0.3, 0.4) is 0 Å². The third kappa shape index (κ3) is 3.54. The first-order valence-corrected chi connectivity index (χ1v) is 7.16. The Morgan fingerprint density at radius 3 is 2.53 bits per heavy atom. The summed E-state index contributed by atoms with van der Waals surface area (Å²) in [6.45, 7) is 0.992. The van der Waals surface area contributed by atoms with Crippen molar-refractivity contribution in [1.29, 1.82) is 0 Å². The molecule has 1 saturated carbocycles. The largest absolute Gasteiger partial charge is 0.326 e. The SMILES string of the molecule is CN(Cc1ccc(Br)cc1)C1CCCCC1N. The van der Waals surface area contributed by atoms with Crippen LogP contribution in [0.15, 0.2) is 28.7 Å². The molecule has 0 aliphatic heterocycles. The van der Waals surface area contributed by atoms with E-state index in [2.05, 4.69) is 52.1 Å². The molecule has 2 N–H and O–H groups in total. The number of nitrogens with zero attached hydrogens (tertiary/aromatic N) is 1. The Morgan fingerprint density at radius 1 is 1.24 bits per heavy atom. The molecule has 0 saturated heterocycles. The third-order valence-electron chi connectivity index (χ3n) is 3.69. The fourth-order valence-corrected chi connectivity index (χ4v) is 2.95. The van der Waals surface area contributed by atoms with Gasteiger partial charge in [-0.3, -0.25) is 4.90 Å². The Labute approximate surface area is 112 Å². The van der Waals surface area contributed by atoms with Gasteiger partial charge in [0.25, 0.3) is 0 Å². The van der Waals surface area contributed by atoms with E-state index in [1.807, 2.05) is 0 Å². The number of halogens is 1. The molecule has 0 aromatic heterocycles. The molecule has 0 heterocycles. The molecule has 94 valence electrons. The first kappa shape index (κ1) is 13.1. The summed E-state index contributed by atoms with van der Waals surface area (Å²) in [5.41, 5.74) is 7.56. The molecule has 0 bridgehead atoms. The van der Waals surface area contributed by atoms with Gasteiger partial charge < -0.3 is 5.73 Å². The smallest absolute Gasteiger partial charge is 0.0247 e. The standard InChI is InChI=1S/C14H21BrN2/c1-17(14-5-3-2-4-13(14)16)10-11-6-8-12(15)9-7-11/h6-9,13-14H,2-5,10,16H2,1H3. The van der Waals surface area contributed by atoms with Crippen LogP contribution < -0.4 is 5.73 Å². The van der Waals surface area contributed by atoms with Crippen LogP contribution in [0, 0.1) is 0 Å². The Morgan fingerprint density at radius 2 is 1.88 bits per heavy atom. The fourth-order valence-electron chi connectivity index (χ4n) is 2.68. The number of benzene rings is 1. The van der Waals surface area contributed by atoms with Crippen LogP contribution in [0.2, 0.25) is 0 Å². The lowest BCUT2D eigenvalue weighted by Crippen LogP contribution is -2.47. The van der Waals surface area contributed by atoms with Crippen molar-refractivity contribution >= 4 is 15.9 Å². The molecule has 1 aromatic rings. The molecule has 1 aromatic carbocycles. The van der Waals surface area contributed by atoms with Gasteiger partial charge in [0.05, 0.1) is 0 Å². The lowest BCUT2D eigenvalue weighted by atomic mass is 9.90. The van der Waals surface area contributed by atoms with Crippen LogP contribution in [0.25, 0.3) is 0 Å². The minimum absolute atomic E-state index is 0.351. The van der Waals surface area contributed by atoms with E-state index in [1.165, 1.54) is 31.2 Å². The number of hydrogen-bond donors (Lipinski definition) is 1. The molecule has 17 heavy (non-hydrogen) atoms. The summed E-state index contributed by atoms with van der Waals surface area (Å²) in [7, 11) is 2.19. The van der Waals surface area contributed by atoms with Gasteiger partial charge in [0.15, 0.2) is 0 Å². The molecular weight excluding hydrogens is 276 g/mol. The molecule has 1 aliphatic carbocycles. The van der Waals surface area contributed by atoms with Crippen molar-refractivity contribution in [3.63, 3.8) is 0 Å². The van der Waals surface area contributed by atoms with Crippen LogP contribution in [0.1, 0.15) is 31.2 Å². The number of nitrogens with two attached hydrogens (primary N) is 1. The maximum Gasteiger partial charge on any atom is 0.0247 e. The van der Waals surface area contributed by atoms with Crippen molar-refractivity contribution in [1.82, 2.24) is 4.90 Å². The van der Waals surface area contributed by atoms with E-state index in [0.717, 1.165) is 11.0 Å². The van der Waals surface area contributed by atoms with E-state index in [1.54, 1.807) is 0 Å². The summed E-state index contributed by atoms with van der Waals surface area (Å²) in [4.78, 5) is 2.41. The summed E-state index contributed by atoms with van der Waals surface area (Å²) in [6, 6.07) is 9.45. The van der Waals surface area contributed by atoms with E-state index in [-0.39, 0.29) is 0 Å². The second-order valence-corrected chi connectivity index (χ2v) is 5.97. The van der Waals surface area contributed by atoms with Gasteiger partial charge in [0.2, 0.25) is 0 Å². The maximum absolute atomic E-state index is 6.21. The van der Waals surface area contributed by atoms with Crippen LogP contribution in [0.4, 0.5) is 0 Å². The molecule has 0 amide bonds. The van der Waals surface area contributed by atoms with Crippen molar-refractivity contribution < 1.29 is 0 Å². The first-order valence-electron chi connectivity index (χ1n) is 6.37. The van der Waals surface area contributed by atoms with E-state index < -0.39 is 0 Å². The summed E-state index contributed by atoms with van der Waals surface area (Å²) in [6.07, 6.45) is 5.04. The van der Waals surface area contributed by atoms with Crippen LogP contribution in [-0.2, 0) is 6.54 Å². The molecule has 3 heteroatoms. The predicted molar refractivity (Wildman–Crippen MR) is 75.8 cm³/mol. The molecular formula is C14H21BrN2. The molecule has 0 radical (unpaired) electrons. The van der Waals surface area contributed by atoms with Gasteiger partial charge in [0.1, 0.15) is 0 Å². The van der Waals surface area contributed by atoms with Gasteiger partial charge in [-0.2, -0.15) is 0 Å². The zero-order valence-electron chi connectivity index (χ0n) is 10.4. The molecule has 2 rings (SSSR count). The van der Waals surface area contributed by atoms with Crippen LogP contribution in [0.5, 0.6) is 0 Å². The fraction of sp³-hybridized carbons (Fsp3) is 0.571. The highest BCUT2D eigenvalue weighted by molar-refractivity contribution is 9.10. The van der Waals surface area contributed by atoms with Gasteiger partial charge in [-0.05, 0) is 37.6 Å². The lowest BCUT2D eigenvalue weighted by molar-refractivity contribution is 0.162. The minimum atomic E-state index is 0.351. The molecule has 2 atom stereocenters. The van der Waals surface area contributed by atoms with Gasteiger partial charge in [-0.15, -0.1) is 0 Å². The molecule has 1 aliphatic rings. The monoisotopic (exact) mass is 296 g/mol. The van der Waals surface area contributed by atoms with Crippen LogP contribution >= 0.6 is 15.9 Å². The first-order chi connectivity index (χ1) is 8.16. The molecule has 0 spiro atoms. The van der Waals surface area contributed by atoms with Crippen molar-refractivity contribution in [2.45, 2.75) is 44.3 Å². The zero-order chi connectivity index (χ0) is 12.3. The van der Waals surface area contributed by atoms with Crippen molar-refractivity contribution in [3.8, 4) is 0 Å². The number of hydrogen-bond acceptors (Lipinski definition) is 2.